The second-order valence-corrected chi connectivity index (χ2v) is 6.65. The number of hydrogen-bond acceptors (Lipinski definition) is 3. The molecule has 0 aliphatic carbocycles. The number of carbonyl (C=O) groups excluding carboxylic acids is 1. The van der Waals surface area contributed by atoms with Crippen LogP contribution >= 0.6 is 11.3 Å². The summed E-state index contributed by atoms with van der Waals surface area (Å²) in [7, 11) is 1.76. The second-order valence-electron chi connectivity index (χ2n) is 5.67. The topological polar surface area (TPSA) is 32.3 Å². The molecule has 1 amide bonds. The molecule has 0 aliphatic rings. The van der Waals surface area contributed by atoms with Crippen LogP contribution in [0.25, 0.3) is 0 Å². The molecule has 1 heterocycles. The highest BCUT2D eigenvalue weighted by Crippen LogP contribution is 2.29. The Balaban J connectivity index is 1.84. The van der Waals surface area contributed by atoms with Crippen molar-refractivity contribution < 1.29 is 18.0 Å². The molecule has 24 heavy (non-hydrogen) atoms. The van der Waals surface area contributed by atoms with E-state index in [4.69, 9.17) is 0 Å². The van der Waals surface area contributed by atoms with Gasteiger partial charge < -0.3 is 5.32 Å². The highest BCUT2D eigenvalue weighted by Gasteiger charge is 2.29. The van der Waals surface area contributed by atoms with E-state index in [2.05, 4.69) is 5.32 Å². The van der Waals surface area contributed by atoms with E-state index in [1.165, 1.54) is 12.1 Å². The maximum absolute atomic E-state index is 12.5. The Morgan fingerprint density at radius 3 is 2.46 bits per heavy atom. The van der Waals surface area contributed by atoms with Gasteiger partial charge in [0.2, 0.25) is 5.91 Å². The molecule has 1 N–H and O–H groups in total. The average Bonchev–Trinajstić information content (AvgIpc) is 3.00. The Morgan fingerprint density at radius 2 is 1.92 bits per heavy atom. The van der Waals surface area contributed by atoms with Crippen LogP contribution in [0.5, 0.6) is 0 Å². The third-order valence-corrected chi connectivity index (χ3v) is 4.55. The summed E-state index contributed by atoms with van der Waals surface area (Å²) in [5.41, 5.74) is 0.0565. The van der Waals surface area contributed by atoms with Crippen molar-refractivity contribution in [2.24, 2.45) is 0 Å². The van der Waals surface area contributed by atoms with Crippen LogP contribution in [0.4, 0.5) is 13.2 Å². The predicted octanol–water partition coefficient (Wildman–Crippen LogP) is 4.08. The summed E-state index contributed by atoms with van der Waals surface area (Å²) in [4.78, 5) is 14.9. The summed E-state index contributed by atoms with van der Waals surface area (Å²) in [5.74, 6) is -0.120. The Kier molecular flexibility index (Phi) is 6.01. The molecule has 130 valence electrons. The van der Waals surface area contributed by atoms with Gasteiger partial charge in [-0.25, -0.2) is 0 Å². The van der Waals surface area contributed by atoms with Crippen LogP contribution in [0.1, 0.15) is 29.0 Å². The first-order valence-electron chi connectivity index (χ1n) is 7.43. The summed E-state index contributed by atoms with van der Waals surface area (Å²) in [5, 5.41) is 4.86. The molecule has 1 atom stereocenters. The number of halogens is 3. The molecule has 0 saturated heterocycles. The second kappa shape index (κ2) is 7.81. The molecule has 7 heteroatoms. The number of carbonyl (C=O) groups is 1. The zero-order chi connectivity index (χ0) is 17.7. The van der Waals surface area contributed by atoms with Crippen molar-refractivity contribution in [3.63, 3.8) is 0 Å². The standard InChI is InChI=1S/C17H19F3N2OS/c1-12(15-4-3-9-24-15)21-16(23)11-22(2)10-13-5-7-14(8-6-13)17(18,19)20/h3-9,12H,10-11H2,1-2H3,(H,21,23). The normalized spacial score (nSPS) is 13.1. The number of alkyl halides is 3. The zero-order valence-electron chi connectivity index (χ0n) is 13.4. The van der Waals surface area contributed by atoms with Crippen molar-refractivity contribution in [3.8, 4) is 0 Å². The molecule has 2 aromatic rings. The van der Waals surface area contributed by atoms with Crippen LogP contribution < -0.4 is 5.32 Å². The number of nitrogens with zero attached hydrogens (tertiary/aromatic N) is 1. The van der Waals surface area contributed by atoms with Crippen molar-refractivity contribution in [2.45, 2.75) is 25.7 Å². The lowest BCUT2D eigenvalue weighted by Crippen LogP contribution is -2.36. The van der Waals surface area contributed by atoms with Gasteiger partial charge in [0.15, 0.2) is 0 Å². The molecule has 2 rings (SSSR count). The van der Waals surface area contributed by atoms with Gasteiger partial charge in [0, 0.05) is 11.4 Å². The maximum Gasteiger partial charge on any atom is 0.416 e. The van der Waals surface area contributed by atoms with E-state index in [9.17, 15) is 18.0 Å². The highest BCUT2D eigenvalue weighted by molar-refractivity contribution is 7.10. The van der Waals surface area contributed by atoms with Crippen LogP contribution in [0.3, 0.4) is 0 Å². The number of thiophene rings is 1. The number of amides is 1. The molecular weight excluding hydrogens is 337 g/mol. The number of hydrogen-bond donors (Lipinski definition) is 1. The van der Waals surface area contributed by atoms with Gasteiger partial charge in [-0.2, -0.15) is 13.2 Å². The van der Waals surface area contributed by atoms with Gasteiger partial charge in [-0.15, -0.1) is 11.3 Å². The van der Waals surface area contributed by atoms with Crippen molar-refractivity contribution >= 4 is 17.2 Å². The third-order valence-electron chi connectivity index (χ3n) is 3.49. The van der Waals surface area contributed by atoms with E-state index >= 15 is 0 Å². The summed E-state index contributed by atoms with van der Waals surface area (Å²) >= 11 is 1.58. The fraction of sp³-hybridized carbons (Fsp3) is 0.353. The summed E-state index contributed by atoms with van der Waals surface area (Å²) < 4.78 is 37.6. The van der Waals surface area contributed by atoms with E-state index < -0.39 is 11.7 Å². The zero-order valence-corrected chi connectivity index (χ0v) is 14.2. The summed E-state index contributed by atoms with van der Waals surface area (Å²) in [6, 6.07) is 8.82. The summed E-state index contributed by atoms with van der Waals surface area (Å²) in [6.45, 7) is 2.50. The van der Waals surface area contributed by atoms with Crippen LogP contribution in [0.2, 0.25) is 0 Å². The smallest absolute Gasteiger partial charge is 0.348 e. The van der Waals surface area contributed by atoms with Crippen LogP contribution in [0, 0.1) is 0 Å². The highest BCUT2D eigenvalue weighted by atomic mass is 32.1. The first-order chi connectivity index (χ1) is 11.3. The van der Waals surface area contributed by atoms with Gasteiger partial charge in [-0.05, 0) is 43.1 Å². The first kappa shape index (κ1) is 18.5. The lowest BCUT2D eigenvalue weighted by atomic mass is 10.1. The molecule has 0 fully saturated rings. The molecule has 0 saturated carbocycles. The minimum atomic E-state index is -4.33. The quantitative estimate of drug-likeness (QED) is 0.846. The minimum Gasteiger partial charge on any atom is -0.348 e. The maximum atomic E-state index is 12.5. The molecule has 1 aromatic heterocycles. The number of benzene rings is 1. The fourth-order valence-electron chi connectivity index (χ4n) is 2.31. The Morgan fingerprint density at radius 1 is 1.25 bits per heavy atom. The monoisotopic (exact) mass is 356 g/mol. The van der Waals surface area contributed by atoms with Gasteiger partial charge in [-0.3, -0.25) is 9.69 Å². The third kappa shape index (κ3) is 5.35. The van der Waals surface area contributed by atoms with E-state index in [0.717, 1.165) is 22.6 Å². The lowest BCUT2D eigenvalue weighted by molar-refractivity contribution is -0.137. The number of rotatable bonds is 6. The van der Waals surface area contributed by atoms with E-state index in [1.54, 1.807) is 23.3 Å². The average molecular weight is 356 g/mol. The van der Waals surface area contributed by atoms with Gasteiger partial charge in [0.1, 0.15) is 0 Å². The van der Waals surface area contributed by atoms with Crippen molar-refractivity contribution in [1.29, 1.82) is 0 Å². The number of likely N-dealkylation sites (N-methyl/N-ethyl adjacent to an activating group) is 1. The molecule has 0 spiro atoms. The minimum absolute atomic E-state index is 0.0584. The van der Waals surface area contributed by atoms with Gasteiger partial charge in [0.05, 0.1) is 18.2 Å². The molecule has 0 aliphatic heterocycles. The number of nitrogens with one attached hydrogen (secondary N) is 1. The molecule has 1 unspecified atom stereocenters. The van der Waals surface area contributed by atoms with E-state index in [0.29, 0.717) is 6.54 Å². The molecule has 0 bridgehead atoms. The van der Waals surface area contributed by atoms with Gasteiger partial charge in [-0.1, -0.05) is 18.2 Å². The predicted molar refractivity (Wildman–Crippen MR) is 88.7 cm³/mol. The van der Waals surface area contributed by atoms with Crippen LogP contribution in [-0.2, 0) is 17.5 Å². The largest absolute Gasteiger partial charge is 0.416 e. The molecular formula is C17H19F3N2OS. The molecule has 0 radical (unpaired) electrons. The van der Waals surface area contributed by atoms with Crippen LogP contribution in [-0.4, -0.2) is 24.4 Å². The molecule has 3 nitrogen and oxygen atoms in total. The fourth-order valence-corrected chi connectivity index (χ4v) is 3.04. The Hall–Kier alpha value is -1.86. The Labute approximate surface area is 143 Å². The van der Waals surface area contributed by atoms with Crippen LogP contribution in [0.15, 0.2) is 41.8 Å². The van der Waals surface area contributed by atoms with Crippen molar-refractivity contribution in [1.82, 2.24) is 10.2 Å². The Bertz CT molecular complexity index is 653. The van der Waals surface area contributed by atoms with Crippen molar-refractivity contribution in [3.05, 3.63) is 57.8 Å². The van der Waals surface area contributed by atoms with E-state index in [1.807, 2.05) is 24.4 Å². The SMILES string of the molecule is CC(NC(=O)CN(C)Cc1ccc(C(F)(F)F)cc1)c1cccs1. The molecule has 1 aromatic carbocycles. The van der Waals surface area contributed by atoms with Gasteiger partial charge >= 0.3 is 6.18 Å². The van der Waals surface area contributed by atoms with E-state index in [-0.39, 0.29) is 18.5 Å². The summed E-state index contributed by atoms with van der Waals surface area (Å²) in [6.07, 6.45) is -4.33. The van der Waals surface area contributed by atoms with Crippen molar-refractivity contribution in [2.75, 3.05) is 13.6 Å². The van der Waals surface area contributed by atoms with Gasteiger partial charge in [0.25, 0.3) is 0 Å². The lowest BCUT2D eigenvalue weighted by Gasteiger charge is -2.19. The first-order valence-corrected chi connectivity index (χ1v) is 8.31.